The second-order valence-electron chi connectivity index (χ2n) is 2.87. The zero-order valence-electron chi connectivity index (χ0n) is 6.61. The van der Waals surface area contributed by atoms with Gasteiger partial charge in [0.15, 0.2) is 6.10 Å². The molecule has 1 aliphatic heterocycles. The molecule has 1 N–H and O–H groups in total. The highest BCUT2D eigenvalue weighted by molar-refractivity contribution is 5.76. The van der Waals surface area contributed by atoms with Gasteiger partial charge in [-0.2, -0.15) is 0 Å². The molecule has 2 atom stereocenters. The molecule has 0 aromatic heterocycles. The van der Waals surface area contributed by atoms with E-state index >= 15 is 0 Å². The monoisotopic (exact) mass is 182 g/mol. The molecule has 1 fully saturated rings. The van der Waals surface area contributed by atoms with Gasteiger partial charge in [0.25, 0.3) is 0 Å². The van der Waals surface area contributed by atoms with Crippen LogP contribution in [0.25, 0.3) is 0 Å². The molecule has 13 heavy (non-hydrogen) atoms. The first-order valence-electron chi connectivity index (χ1n) is 3.82. The standard InChI is InChI=1S/C9H7FO3/c10-6-3-1-2-5(4-6)7-8(13-7)9(11)12/h1-4,7-8H,(H,11,12)/t7-,8-/m1/s1. The average molecular weight is 182 g/mol. The number of benzene rings is 1. The van der Waals surface area contributed by atoms with E-state index in [0.717, 1.165) is 0 Å². The predicted octanol–water partition coefficient (Wildman–Crippen LogP) is 1.35. The van der Waals surface area contributed by atoms with Gasteiger partial charge in [0.05, 0.1) is 0 Å². The van der Waals surface area contributed by atoms with Gasteiger partial charge in [-0.3, -0.25) is 0 Å². The van der Waals surface area contributed by atoms with Gasteiger partial charge in [-0.25, -0.2) is 9.18 Å². The zero-order valence-corrected chi connectivity index (χ0v) is 6.61. The minimum absolute atomic E-state index is 0.378. The van der Waals surface area contributed by atoms with Crippen molar-refractivity contribution < 1.29 is 19.0 Å². The van der Waals surface area contributed by atoms with Crippen LogP contribution in [0.3, 0.4) is 0 Å². The van der Waals surface area contributed by atoms with Gasteiger partial charge >= 0.3 is 5.97 Å². The molecule has 0 aliphatic carbocycles. The number of carbonyl (C=O) groups is 1. The van der Waals surface area contributed by atoms with E-state index in [9.17, 15) is 9.18 Å². The molecule has 1 aromatic carbocycles. The topological polar surface area (TPSA) is 49.8 Å². The van der Waals surface area contributed by atoms with E-state index in [0.29, 0.717) is 5.56 Å². The lowest BCUT2D eigenvalue weighted by atomic mass is 10.1. The van der Waals surface area contributed by atoms with E-state index in [1.165, 1.54) is 18.2 Å². The molecule has 1 aliphatic rings. The first-order chi connectivity index (χ1) is 6.18. The Morgan fingerprint density at radius 1 is 1.54 bits per heavy atom. The third kappa shape index (κ3) is 1.53. The molecule has 1 aromatic rings. The highest BCUT2D eigenvalue weighted by Crippen LogP contribution is 2.38. The van der Waals surface area contributed by atoms with Gasteiger partial charge in [-0.05, 0) is 17.7 Å². The van der Waals surface area contributed by atoms with Crippen molar-refractivity contribution in [2.75, 3.05) is 0 Å². The molecule has 1 heterocycles. The third-order valence-electron chi connectivity index (χ3n) is 1.91. The van der Waals surface area contributed by atoms with E-state index in [4.69, 9.17) is 9.84 Å². The summed E-state index contributed by atoms with van der Waals surface area (Å²) in [6, 6.07) is 5.78. The first kappa shape index (κ1) is 8.19. The Bertz CT molecular complexity index is 350. The minimum atomic E-state index is -1.01. The molecular formula is C9H7FO3. The van der Waals surface area contributed by atoms with Crippen molar-refractivity contribution in [2.45, 2.75) is 12.2 Å². The van der Waals surface area contributed by atoms with E-state index in [1.807, 2.05) is 0 Å². The summed E-state index contributed by atoms with van der Waals surface area (Å²) in [6.45, 7) is 0. The van der Waals surface area contributed by atoms with Gasteiger partial charge in [0, 0.05) is 0 Å². The van der Waals surface area contributed by atoms with Crippen molar-refractivity contribution in [3.63, 3.8) is 0 Å². The lowest BCUT2D eigenvalue weighted by molar-refractivity contribution is -0.138. The summed E-state index contributed by atoms with van der Waals surface area (Å²) >= 11 is 0. The van der Waals surface area contributed by atoms with Crippen molar-refractivity contribution in [3.05, 3.63) is 35.6 Å². The fourth-order valence-electron chi connectivity index (χ4n) is 1.24. The predicted molar refractivity (Wildman–Crippen MR) is 41.6 cm³/mol. The molecule has 0 unspecified atom stereocenters. The van der Waals surface area contributed by atoms with E-state index in [2.05, 4.69) is 0 Å². The number of halogens is 1. The third-order valence-corrected chi connectivity index (χ3v) is 1.91. The van der Waals surface area contributed by atoms with E-state index in [-0.39, 0.29) is 5.82 Å². The number of epoxide rings is 1. The summed E-state index contributed by atoms with van der Waals surface area (Å²) in [4.78, 5) is 10.4. The van der Waals surface area contributed by atoms with Crippen LogP contribution in [0, 0.1) is 5.82 Å². The fraction of sp³-hybridized carbons (Fsp3) is 0.222. The Hall–Kier alpha value is -1.42. The summed E-state index contributed by atoms with van der Waals surface area (Å²) < 4.78 is 17.5. The summed E-state index contributed by atoms with van der Waals surface area (Å²) in [5.41, 5.74) is 0.576. The van der Waals surface area contributed by atoms with Gasteiger partial charge in [-0.1, -0.05) is 12.1 Å². The molecule has 0 amide bonds. The van der Waals surface area contributed by atoms with Gasteiger partial charge < -0.3 is 9.84 Å². The fourth-order valence-corrected chi connectivity index (χ4v) is 1.24. The number of carboxylic acids is 1. The Morgan fingerprint density at radius 3 is 2.85 bits per heavy atom. The van der Waals surface area contributed by atoms with Crippen molar-refractivity contribution in [2.24, 2.45) is 0 Å². The zero-order chi connectivity index (χ0) is 9.42. The van der Waals surface area contributed by atoms with Crippen LogP contribution in [0.4, 0.5) is 4.39 Å². The van der Waals surface area contributed by atoms with Crippen LogP contribution in [0.1, 0.15) is 11.7 Å². The summed E-state index contributed by atoms with van der Waals surface area (Å²) in [5.74, 6) is -1.38. The summed E-state index contributed by atoms with van der Waals surface area (Å²) in [6.07, 6.45) is -1.28. The Labute approximate surface area is 73.8 Å². The van der Waals surface area contributed by atoms with E-state index in [1.54, 1.807) is 6.07 Å². The molecule has 0 spiro atoms. The molecule has 0 saturated carbocycles. The van der Waals surface area contributed by atoms with Crippen LogP contribution in [-0.2, 0) is 9.53 Å². The Morgan fingerprint density at radius 2 is 2.31 bits per heavy atom. The molecule has 2 rings (SSSR count). The van der Waals surface area contributed by atoms with Crippen LogP contribution in [0.15, 0.2) is 24.3 Å². The Kier molecular flexibility index (Phi) is 1.77. The second-order valence-corrected chi connectivity index (χ2v) is 2.87. The normalized spacial score (nSPS) is 25.6. The molecular weight excluding hydrogens is 175 g/mol. The molecule has 68 valence electrons. The molecule has 4 heteroatoms. The number of aliphatic carboxylic acids is 1. The van der Waals surface area contributed by atoms with Gasteiger partial charge in [0.2, 0.25) is 0 Å². The highest BCUT2D eigenvalue weighted by atomic mass is 19.1. The SMILES string of the molecule is O=C(O)[C@@H]1O[C@@H]1c1cccc(F)c1. The van der Waals surface area contributed by atoms with Crippen molar-refractivity contribution >= 4 is 5.97 Å². The van der Waals surface area contributed by atoms with Crippen LogP contribution in [0.2, 0.25) is 0 Å². The molecule has 0 bridgehead atoms. The molecule has 1 saturated heterocycles. The quantitative estimate of drug-likeness (QED) is 0.702. The molecule has 3 nitrogen and oxygen atoms in total. The van der Waals surface area contributed by atoms with Gasteiger partial charge in [-0.15, -0.1) is 0 Å². The lowest BCUT2D eigenvalue weighted by Crippen LogP contribution is -2.04. The maximum Gasteiger partial charge on any atom is 0.335 e. The van der Waals surface area contributed by atoms with Gasteiger partial charge in [0.1, 0.15) is 11.9 Å². The summed E-state index contributed by atoms with van der Waals surface area (Å²) in [7, 11) is 0. The number of rotatable bonds is 2. The maximum atomic E-state index is 12.7. The number of hydrogen-bond acceptors (Lipinski definition) is 2. The molecule has 0 radical (unpaired) electrons. The van der Waals surface area contributed by atoms with Crippen molar-refractivity contribution in [1.29, 1.82) is 0 Å². The Balaban J connectivity index is 2.16. The average Bonchev–Trinajstić information content (AvgIpc) is 2.82. The van der Waals surface area contributed by atoms with Crippen LogP contribution in [0.5, 0.6) is 0 Å². The van der Waals surface area contributed by atoms with Crippen LogP contribution >= 0.6 is 0 Å². The second kappa shape index (κ2) is 2.81. The van der Waals surface area contributed by atoms with Crippen molar-refractivity contribution in [3.8, 4) is 0 Å². The number of hydrogen-bond donors (Lipinski definition) is 1. The maximum absolute atomic E-state index is 12.7. The van der Waals surface area contributed by atoms with Crippen LogP contribution in [-0.4, -0.2) is 17.2 Å². The van der Waals surface area contributed by atoms with E-state index < -0.39 is 18.2 Å². The highest BCUT2D eigenvalue weighted by Gasteiger charge is 2.46. The van der Waals surface area contributed by atoms with Crippen LogP contribution < -0.4 is 0 Å². The van der Waals surface area contributed by atoms with Crippen molar-refractivity contribution in [1.82, 2.24) is 0 Å². The number of carboxylic acid groups (broad SMARTS) is 1. The first-order valence-corrected chi connectivity index (χ1v) is 3.82. The smallest absolute Gasteiger partial charge is 0.335 e. The number of ether oxygens (including phenoxy) is 1. The minimum Gasteiger partial charge on any atom is -0.479 e. The lowest BCUT2D eigenvalue weighted by Gasteiger charge is -1.93. The largest absolute Gasteiger partial charge is 0.479 e. The summed E-state index contributed by atoms with van der Waals surface area (Å²) in [5, 5.41) is 8.54.